The fourth-order valence-electron chi connectivity index (χ4n) is 1.35. The molecule has 0 heterocycles. The molecule has 0 saturated heterocycles. The molecule has 0 atom stereocenters. The number of hydrogen-bond acceptors (Lipinski definition) is 2. The first-order chi connectivity index (χ1) is 6.16. The van der Waals surface area contributed by atoms with Crippen molar-refractivity contribution in [3.63, 3.8) is 0 Å². The van der Waals surface area contributed by atoms with Crippen LogP contribution in [0.4, 0.5) is 0 Å². The monoisotopic (exact) mass is 240 g/mol. The van der Waals surface area contributed by atoms with E-state index in [-0.39, 0.29) is 5.91 Å². The normalized spacial score (nSPS) is 17.3. The lowest BCUT2D eigenvalue weighted by Gasteiger charge is -2.41. The zero-order valence-corrected chi connectivity index (χ0v) is 8.89. The van der Waals surface area contributed by atoms with Crippen molar-refractivity contribution in [2.75, 3.05) is 7.05 Å². The average Bonchev–Trinajstić information content (AvgIpc) is 2.03. The Labute approximate surface area is 85.8 Å². The van der Waals surface area contributed by atoms with Crippen LogP contribution in [0.5, 0.6) is 0 Å². The highest BCUT2D eigenvalue weighted by Crippen LogP contribution is 2.36. The molecule has 0 aromatic rings. The van der Waals surface area contributed by atoms with Gasteiger partial charge in [-0.15, -0.1) is 0 Å². The van der Waals surface area contributed by atoms with Gasteiger partial charge in [0.1, 0.15) is 5.54 Å². The van der Waals surface area contributed by atoms with Crippen molar-refractivity contribution in [2.45, 2.75) is 24.8 Å². The summed E-state index contributed by atoms with van der Waals surface area (Å²) >= 11 is 2.86. The van der Waals surface area contributed by atoms with Crippen LogP contribution in [0.1, 0.15) is 19.3 Å². The zero-order chi connectivity index (χ0) is 9.90. The summed E-state index contributed by atoms with van der Waals surface area (Å²) in [6.45, 7) is 0. The van der Waals surface area contributed by atoms with Crippen molar-refractivity contribution in [1.82, 2.24) is 4.90 Å². The van der Waals surface area contributed by atoms with Crippen LogP contribution in [0, 0.1) is 22.1 Å². The number of nitriles is 1. The Morgan fingerprint density at radius 1 is 1.62 bits per heavy atom. The van der Waals surface area contributed by atoms with E-state index in [9.17, 15) is 4.79 Å². The number of carbonyl (C=O) groups excluding carboxylic acids is 1. The number of nitrogens with zero attached hydrogens (tertiary/aromatic N) is 2. The van der Waals surface area contributed by atoms with E-state index in [1.807, 2.05) is 0 Å². The van der Waals surface area contributed by atoms with Gasteiger partial charge < -0.3 is 4.90 Å². The summed E-state index contributed by atoms with van der Waals surface area (Å²) in [6, 6.07) is 2.18. The van der Waals surface area contributed by atoms with Gasteiger partial charge in [-0.05, 0) is 24.1 Å². The van der Waals surface area contributed by atoms with Crippen molar-refractivity contribution in [3.05, 3.63) is 0 Å². The molecule has 1 amide bonds. The molecule has 1 aliphatic carbocycles. The molecule has 1 rings (SSSR count). The summed E-state index contributed by atoms with van der Waals surface area (Å²) in [5, 5.41) is 8.92. The predicted octanol–water partition coefficient (Wildman–Crippen LogP) is 1.25. The zero-order valence-electron chi connectivity index (χ0n) is 7.30. The van der Waals surface area contributed by atoms with Gasteiger partial charge in [0.05, 0.1) is 6.07 Å². The molecule has 0 aromatic carbocycles. The lowest BCUT2D eigenvalue weighted by atomic mass is 9.77. The third-order valence-electron chi connectivity index (χ3n) is 2.49. The molecule has 0 radical (unpaired) electrons. The first-order valence-corrected chi connectivity index (χ1v) is 4.76. The van der Waals surface area contributed by atoms with E-state index in [4.69, 9.17) is 5.26 Å². The topological polar surface area (TPSA) is 44.1 Å². The van der Waals surface area contributed by atoms with Crippen LogP contribution in [-0.2, 0) is 4.79 Å². The quantitative estimate of drug-likeness (QED) is 0.648. The Kier molecular flexibility index (Phi) is 2.95. The Bertz CT molecular complexity index is 317. The maximum atomic E-state index is 11.3. The second-order valence-electron chi connectivity index (χ2n) is 3.08. The van der Waals surface area contributed by atoms with Gasteiger partial charge in [-0.25, -0.2) is 0 Å². The molecule has 3 nitrogen and oxygen atoms in total. The maximum Gasteiger partial charge on any atom is 0.300 e. The van der Waals surface area contributed by atoms with Gasteiger partial charge in [-0.2, -0.15) is 5.26 Å². The highest BCUT2D eigenvalue weighted by atomic mass is 79.9. The van der Waals surface area contributed by atoms with E-state index >= 15 is 0 Å². The maximum absolute atomic E-state index is 11.3. The van der Waals surface area contributed by atoms with Crippen molar-refractivity contribution < 1.29 is 4.79 Å². The summed E-state index contributed by atoms with van der Waals surface area (Å²) in [5.41, 5.74) is -0.589. The molecule has 0 aromatic heterocycles. The lowest BCUT2D eigenvalue weighted by Crippen LogP contribution is -2.52. The predicted molar refractivity (Wildman–Crippen MR) is 51.7 cm³/mol. The molecule has 0 aliphatic heterocycles. The molecule has 1 fully saturated rings. The van der Waals surface area contributed by atoms with Gasteiger partial charge in [-0.3, -0.25) is 4.79 Å². The minimum absolute atomic E-state index is 0.307. The standard InChI is InChI=1S/C9H9BrN2O/c1-12(8(13)3-6-10)9(7-11)4-2-5-9/h2,4-5H2,1H3. The molecule has 1 saturated carbocycles. The van der Waals surface area contributed by atoms with E-state index in [0.717, 1.165) is 19.3 Å². The average molecular weight is 241 g/mol. The highest BCUT2D eigenvalue weighted by molar-refractivity contribution is 9.12. The molecule has 0 N–H and O–H groups in total. The van der Waals surface area contributed by atoms with Gasteiger partial charge in [0.15, 0.2) is 0 Å². The van der Waals surface area contributed by atoms with Crippen molar-refractivity contribution in [1.29, 1.82) is 5.26 Å². The number of amides is 1. The summed E-state index contributed by atoms with van der Waals surface area (Å²) in [5.74, 6) is 2.05. The largest absolute Gasteiger partial charge is 0.316 e. The van der Waals surface area contributed by atoms with E-state index in [0.29, 0.717) is 0 Å². The molecule has 68 valence electrons. The number of rotatable bonds is 1. The molecular weight excluding hydrogens is 232 g/mol. The summed E-state index contributed by atoms with van der Waals surface area (Å²) < 4.78 is 0. The van der Waals surface area contributed by atoms with Gasteiger partial charge in [-0.1, -0.05) is 0 Å². The smallest absolute Gasteiger partial charge is 0.300 e. The Balaban J connectivity index is 2.75. The highest BCUT2D eigenvalue weighted by Gasteiger charge is 2.43. The minimum atomic E-state index is -0.589. The van der Waals surface area contributed by atoms with E-state index < -0.39 is 5.54 Å². The fourth-order valence-corrected chi connectivity index (χ4v) is 1.52. The van der Waals surface area contributed by atoms with Gasteiger partial charge in [0, 0.05) is 28.9 Å². The molecular formula is C9H9BrN2O. The number of carbonyl (C=O) groups is 1. The third-order valence-corrected chi connectivity index (χ3v) is 2.69. The molecule has 0 bridgehead atoms. The van der Waals surface area contributed by atoms with Gasteiger partial charge in [0.25, 0.3) is 5.91 Å². The Hall–Kier alpha value is -1.00. The number of halogens is 1. The Morgan fingerprint density at radius 3 is 2.54 bits per heavy atom. The van der Waals surface area contributed by atoms with Gasteiger partial charge >= 0.3 is 0 Å². The summed E-state index contributed by atoms with van der Waals surface area (Å²) in [7, 11) is 1.63. The molecule has 0 spiro atoms. The summed E-state index contributed by atoms with van der Waals surface area (Å²) in [6.07, 6.45) is 2.53. The second kappa shape index (κ2) is 3.81. The number of hydrogen-bond donors (Lipinski definition) is 0. The first kappa shape index (κ1) is 10.1. The van der Waals surface area contributed by atoms with Crippen LogP contribution in [-0.4, -0.2) is 23.4 Å². The van der Waals surface area contributed by atoms with Crippen molar-refractivity contribution >= 4 is 21.8 Å². The molecule has 13 heavy (non-hydrogen) atoms. The van der Waals surface area contributed by atoms with Crippen LogP contribution in [0.3, 0.4) is 0 Å². The van der Waals surface area contributed by atoms with E-state index in [2.05, 4.69) is 32.7 Å². The van der Waals surface area contributed by atoms with Crippen LogP contribution < -0.4 is 0 Å². The van der Waals surface area contributed by atoms with Crippen LogP contribution in [0.25, 0.3) is 0 Å². The van der Waals surface area contributed by atoms with Crippen molar-refractivity contribution in [2.24, 2.45) is 0 Å². The Morgan fingerprint density at radius 2 is 2.23 bits per heavy atom. The minimum Gasteiger partial charge on any atom is -0.316 e. The molecule has 4 heteroatoms. The van der Waals surface area contributed by atoms with E-state index in [1.54, 1.807) is 7.05 Å². The first-order valence-electron chi connectivity index (χ1n) is 3.97. The van der Waals surface area contributed by atoms with Crippen molar-refractivity contribution in [3.8, 4) is 16.8 Å². The summed E-state index contributed by atoms with van der Waals surface area (Å²) in [4.78, 5) is 15.1. The van der Waals surface area contributed by atoms with Crippen LogP contribution >= 0.6 is 15.9 Å². The molecule has 0 unspecified atom stereocenters. The van der Waals surface area contributed by atoms with Crippen LogP contribution in [0.2, 0.25) is 0 Å². The van der Waals surface area contributed by atoms with Crippen LogP contribution in [0.15, 0.2) is 0 Å². The second-order valence-corrected chi connectivity index (χ2v) is 3.48. The fraction of sp³-hybridized carbons (Fsp3) is 0.556. The molecule has 1 aliphatic rings. The van der Waals surface area contributed by atoms with Gasteiger partial charge in [0.2, 0.25) is 0 Å². The lowest BCUT2D eigenvalue weighted by molar-refractivity contribution is -0.129. The SMILES string of the molecule is CN(C(=O)C#CBr)C1(C#N)CCC1. The third kappa shape index (κ3) is 1.68. The van der Waals surface area contributed by atoms with E-state index in [1.165, 1.54) is 4.90 Å².